The van der Waals surface area contributed by atoms with Gasteiger partial charge in [0.25, 0.3) is 0 Å². The highest BCUT2D eigenvalue weighted by Gasteiger charge is 2.25. The molecule has 0 aliphatic carbocycles. The molecule has 0 saturated carbocycles. The third-order valence-electron chi connectivity index (χ3n) is 3.94. The molecule has 0 radical (unpaired) electrons. The number of rotatable bonds is 3. The largest absolute Gasteiger partial charge is 0.441 e. The third-order valence-corrected chi connectivity index (χ3v) is 3.94. The van der Waals surface area contributed by atoms with Crippen molar-refractivity contribution >= 4 is 11.7 Å². The monoisotopic (exact) mass is 315 g/mol. The highest BCUT2D eigenvalue weighted by atomic mass is 16.5. The zero-order valence-corrected chi connectivity index (χ0v) is 13.4. The number of nitrogens with zero attached hydrogens (tertiary/aromatic N) is 2. The highest BCUT2D eigenvalue weighted by molar-refractivity contribution is 5.90. The van der Waals surface area contributed by atoms with Crippen molar-refractivity contribution in [2.45, 2.75) is 26.3 Å². The van der Waals surface area contributed by atoms with E-state index >= 15 is 0 Å². The molecule has 1 saturated heterocycles. The molecule has 1 fully saturated rings. The Balaban J connectivity index is 1.73. The molecule has 0 spiro atoms. The van der Waals surface area contributed by atoms with Crippen LogP contribution in [0.15, 0.2) is 34.9 Å². The van der Waals surface area contributed by atoms with E-state index in [1.807, 2.05) is 36.1 Å². The van der Waals surface area contributed by atoms with E-state index in [0.29, 0.717) is 25.6 Å². The molecule has 23 heavy (non-hydrogen) atoms. The molecule has 0 bridgehead atoms. The van der Waals surface area contributed by atoms with Crippen molar-refractivity contribution < 1.29 is 13.9 Å². The van der Waals surface area contributed by atoms with Crippen LogP contribution in [0, 0.1) is 6.92 Å². The van der Waals surface area contributed by atoms with E-state index in [1.54, 1.807) is 6.20 Å². The fourth-order valence-electron chi connectivity index (χ4n) is 2.67. The van der Waals surface area contributed by atoms with E-state index < -0.39 is 0 Å². The third kappa shape index (κ3) is 3.53. The predicted octanol–water partition coefficient (Wildman–Crippen LogP) is 3.29. The maximum atomic E-state index is 12.5. The number of aromatic nitrogens is 1. The molecule has 1 aromatic carbocycles. The zero-order chi connectivity index (χ0) is 16.2. The standard InChI is InChI=1S/C17H21N3O3/c1-3-15-11-22-8-7-20(15)17(21)19-14-6-4-5-13(9-14)16-18-10-12(2)23-16/h4-6,9-10,15H,3,7-8,11H2,1-2H3,(H,19,21). The van der Waals surface area contributed by atoms with Crippen LogP contribution in [0.5, 0.6) is 0 Å². The van der Waals surface area contributed by atoms with Gasteiger partial charge in [-0.3, -0.25) is 0 Å². The van der Waals surface area contributed by atoms with E-state index in [0.717, 1.165) is 23.4 Å². The second-order valence-corrected chi connectivity index (χ2v) is 5.62. The van der Waals surface area contributed by atoms with Gasteiger partial charge in [0, 0.05) is 17.8 Å². The topological polar surface area (TPSA) is 67.6 Å². The van der Waals surface area contributed by atoms with Crippen LogP contribution in [0.4, 0.5) is 10.5 Å². The van der Waals surface area contributed by atoms with Gasteiger partial charge in [-0.05, 0) is 31.5 Å². The van der Waals surface area contributed by atoms with Crippen LogP contribution >= 0.6 is 0 Å². The lowest BCUT2D eigenvalue weighted by atomic mass is 10.2. The number of hydrogen-bond donors (Lipinski definition) is 1. The lowest BCUT2D eigenvalue weighted by Crippen LogP contribution is -2.50. The molecule has 1 aliphatic rings. The average Bonchev–Trinajstić information content (AvgIpc) is 3.01. The first-order chi connectivity index (χ1) is 11.2. The van der Waals surface area contributed by atoms with Crippen LogP contribution in [-0.2, 0) is 4.74 Å². The number of aryl methyl sites for hydroxylation is 1. The Hall–Kier alpha value is -2.34. The molecule has 2 aromatic rings. The van der Waals surface area contributed by atoms with E-state index in [4.69, 9.17) is 9.15 Å². The van der Waals surface area contributed by atoms with E-state index in [-0.39, 0.29) is 12.1 Å². The molecule has 1 N–H and O–H groups in total. The number of anilines is 1. The zero-order valence-electron chi connectivity index (χ0n) is 13.4. The molecule has 1 aromatic heterocycles. The Labute approximate surface area is 135 Å². The minimum Gasteiger partial charge on any atom is -0.441 e. The Bertz CT molecular complexity index is 683. The van der Waals surface area contributed by atoms with Gasteiger partial charge < -0.3 is 19.4 Å². The van der Waals surface area contributed by atoms with Crippen LogP contribution in [-0.4, -0.2) is 41.7 Å². The normalized spacial score (nSPS) is 18.0. The first-order valence-corrected chi connectivity index (χ1v) is 7.85. The van der Waals surface area contributed by atoms with Gasteiger partial charge >= 0.3 is 6.03 Å². The second-order valence-electron chi connectivity index (χ2n) is 5.62. The van der Waals surface area contributed by atoms with Crippen molar-refractivity contribution in [1.29, 1.82) is 0 Å². The van der Waals surface area contributed by atoms with Crippen LogP contribution < -0.4 is 5.32 Å². The first-order valence-electron chi connectivity index (χ1n) is 7.85. The fraction of sp³-hybridized carbons (Fsp3) is 0.412. The summed E-state index contributed by atoms with van der Waals surface area (Å²) in [5, 5.41) is 2.95. The highest BCUT2D eigenvalue weighted by Crippen LogP contribution is 2.23. The predicted molar refractivity (Wildman–Crippen MR) is 87.3 cm³/mol. The summed E-state index contributed by atoms with van der Waals surface area (Å²) in [4.78, 5) is 18.6. The summed E-state index contributed by atoms with van der Waals surface area (Å²) in [5.74, 6) is 1.31. The van der Waals surface area contributed by atoms with Gasteiger partial charge in [0.15, 0.2) is 0 Å². The summed E-state index contributed by atoms with van der Waals surface area (Å²) in [6, 6.07) is 7.54. The van der Waals surface area contributed by atoms with Crippen molar-refractivity contribution in [2.75, 3.05) is 25.1 Å². The fourth-order valence-corrected chi connectivity index (χ4v) is 2.67. The minimum atomic E-state index is -0.0964. The number of ether oxygens (including phenoxy) is 1. The smallest absolute Gasteiger partial charge is 0.322 e. The number of benzene rings is 1. The lowest BCUT2D eigenvalue weighted by molar-refractivity contribution is 0.0144. The number of carbonyl (C=O) groups excluding carboxylic acids is 1. The lowest BCUT2D eigenvalue weighted by Gasteiger charge is -2.35. The van der Waals surface area contributed by atoms with Crippen molar-refractivity contribution in [3.63, 3.8) is 0 Å². The van der Waals surface area contributed by atoms with Gasteiger partial charge in [-0.2, -0.15) is 0 Å². The molecule has 6 heteroatoms. The Kier molecular flexibility index (Phi) is 4.62. The maximum Gasteiger partial charge on any atom is 0.322 e. The number of nitrogens with one attached hydrogen (secondary N) is 1. The first kappa shape index (κ1) is 15.6. The van der Waals surface area contributed by atoms with Gasteiger partial charge in [0.1, 0.15) is 5.76 Å². The molecule has 3 rings (SSSR count). The quantitative estimate of drug-likeness (QED) is 0.943. The molecular weight excluding hydrogens is 294 g/mol. The molecule has 1 aliphatic heterocycles. The summed E-state index contributed by atoms with van der Waals surface area (Å²) < 4.78 is 11.0. The SMILES string of the molecule is CCC1COCCN1C(=O)Nc1cccc(-c2ncc(C)o2)c1. The van der Waals surface area contributed by atoms with Crippen molar-refractivity contribution in [2.24, 2.45) is 0 Å². The van der Waals surface area contributed by atoms with Crippen LogP contribution in [0.3, 0.4) is 0 Å². The van der Waals surface area contributed by atoms with Crippen LogP contribution in [0.2, 0.25) is 0 Å². The van der Waals surface area contributed by atoms with Crippen molar-refractivity contribution in [3.05, 3.63) is 36.2 Å². The van der Waals surface area contributed by atoms with Crippen molar-refractivity contribution in [3.8, 4) is 11.5 Å². The Morgan fingerprint density at radius 1 is 1.48 bits per heavy atom. The van der Waals surface area contributed by atoms with Crippen LogP contribution in [0.25, 0.3) is 11.5 Å². The summed E-state index contributed by atoms with van der Waals surface area (Å²) in [5.41, 5.74) is 1.56. The van der Waals surface area contributed by atoms with Crippen molar-refractivity contribution in [1.82, 2.24) is 9.88 Å². The number of oxazole rings is 1. The van der Waals surface area contributed by atoms with Gasteiger partial charge in [-0.1, -0.05) is 13.0 Å². The number of urea groups is 1. The summed E-state index contributed by atoms with van der Waals surface area (Å²) >= 11 is 0. The maximum absolute atomic E-state index is 12.5. The number of hydrogen-bond acceptors (Lipinski definition) is 4. The molecule has 2 heterocycles. The number of carbonyl (C=O) groups is 1. The van der Waals surface area contributed by atoms with Gasteiger partial charge in [-0.15, -0.1) is 0 Å². The van der Waals surface area contributed by atoms with Gasteiger partial charge in [0.05, 0.1) is 25.5 Å². The molecular formula is C17H21N3O3. The number of amides is 2. The van der Waals surface area contributed by atoms with Gasteiger partial charge in [-0.25, -0.2) is 9.78 Å². The van der Waals surface area contributed by atoms with E-state index in [2.05, 4.69) is 17.2 Å². The van der Waals surface area contributed by atoms with E-state index in [9.17, 15) is 4.79 Å². The molecule has 2 amide bonds. The van der Waals surface area contributed by atoms with Crippen LogP contribution in [0.1, 0.15) is 19.1 Å². The second kappa shape index (κ2) is 6.83. The molecule has 1 atom stereocenters. The molecule has 1 unspecified atom stereocenters. The Morgan fingerprint density at radius 2 is 2.35 bits per heavy atom. The number of morpholine rings is 1. The van der Waals surface area contributed by atoms with E-state index in [1.165, 1.54) is 0 Å². The molecule has 6 nitrogen and oxygen atoms in total. The average molecular weight is 315 g/mol. The summed E-state index contributed by atoms with van der Waals surface area (Å²) in [7, 11) is 0. The molecule has 122 valence electrons. The summed E-state index contributed by atoms with van der Waals surface area (Å²) in [6.45, 7) is 5.71. The Morgan fingerprint density at radius 3 is 3.09 bits per heavy atom. The van der Waals surface area contributed by atoms with Gasteiger partial charge in [0.2, 0.25) is 5.89 Å². The summed E-state index contributed by atoms with van der Waals surface area (Å²) in [6.07, 6.45) is 2.56. The minimum absolute atomic E-state index is 0.0964.